The van der Waals surface area contributed by atoms with E-state index in [0.717, 1.165) is 13.0 Å². The van der Waals surface area contributed by atoms with Crippen molar-refractivity contribution in [2.45, 2.75) is 52.6 Å². The molecule has 118 valence electrons. The summed E-state index contributed by atoms with van der Waals surface area (Å²) < 4.78 is 28.8. The molecule has 2 rings (SSSR count). The Kier molecular flexibility index (Phi) is 4.57. The van der Waals surface area contributed by atoms with Crippen molar-refractivity contribution in [2.75, 3.05) is 18.0 Å². The van der Waals surface area contributed by atoms with E-state index in [1.165, 1.54) is 12.1 Å². The molecular weight excluding hydrogens is 270 g/mol. The Bertz CT molecular complexity index is 516. The van der Waals surface area contributed by atoms with Gasteiger partial charge in [0.2, 0.25) is 0 Å². The van der Waals surface area contributed by atoms with Crippen LogP contribution in [0, 0.1) is 24.5 Å². The Balaban J connectivity index is 2.48. The number of aryl methyl sites for hydroxylation is 1. The van der Waals surface area contributed by atoms with Crippen LogP contribution in [0.1, 0.15) is 39.7 Å². The minimum absolute atomic E-state index is 0.0930. The van der Waals surface area contributed by atoms with Crippen LogP contribution in [0.15, 0.2) is 12.1 Å². The van der Waals surface area contributed by atoms with Crippen LogP contribution >= 0.6 is 0 Å². The maximum atomic E-state index is 14.5. The first kappa shape index (κ1) is 16.2. The smallest absolute Gasteiger partial charge is 0.152 e. The molecule has 1 heterocycles. The van der Waals surface area contributed by atoms with E-state index in [2.05, 4.69) is 33.0 Å². The lowest BCUT2D eigenvalue weighted by Crippen LogP contribution is -2.64. The Hall–Kier alpha value is -1.16. The molecule has 1 aromatic carbocycles. The first-order valence-corrected chi connectivity index (χ1v) is 7.75. The normalized spacial score (nSPS) is 26.5. The van der Waals surface area contributed by atoms with E-state index in [0.29, 0.717) is 18.0 Å². The van der Waals surface area contributed by atoms with Crippen molar-refractivity contribution in [3.05, 3.63) is 29.3 Å². The van der Waals surface area contributed by atoms with E-state index in [4.69, 9.17) is 0 Å². The fourth-order valence-electron chi connectivity index (χ4n) is 2.99. The van der Waals surface area contributed by atoms with E-state index in [1.807, 2.05) is 4.90 Å². The molecule has 0 aromatic heterocycles. The summed E-state index contributed by atoms with van der Waals surface area (Å²) in [5.41, 5.74) is 0.508. The van der Waals surface area contributed by atoms with Gasteiger partial charge in [-0.2, -0.15) is 0 Å². The predicted molar refractivity (Wildman–Crippen MR) is 83.8 cm³/mol. The van der Waals surface area contributed by atoms with Crippen LogP contribution in [0.25, 0.3) is 0 Å². The lowest BCUT2D eigenvalue weighted by atomic mass is 9.89. The maximum Gasteiger partial charge on any atom is 0.152 e. The molecule has 0 saturated carbocycles. The summed E-state index contributed by atoms with van der Waals surface area (Å²) in [6.45, 7) is 11.5. The van der Waals surface area contributed by atoms with Gasteiger partial charge in [-0.1, -0.05) is 26.8 Å². The van der Waals surface area contributed by atoms with Gasteiger partial charge in [0, 0.05) is 24.7 Å². The number of hydrogen-bond acceptors (Lipinski definition) is 2. The van der Waals surface area contributed by atoms with E-state index in [-0.39, 0.29) is 17.3 Å². The summed E-state index contributed by atoms with van der Waals surface area (Å²) >= 11 is 0. The molecule has 1 N–H and O–H groups in total. The molecule has 0 radical (unpaired) electrons. The quantitative estimate of drug-likeness (QED) is 0.910. The average molecular weight is 296 g/mol. The molecule has 0 spiro atoms. The van der Waals surface area contributed by atoms with E-state index in [1.54, 1.807) is 6.92 Å². The summed E-state index contributed by atoms with van der Waals surface area (Å²) in [4.78, 5) is 1.93. The number of nitrogens with one attached hydrogen (secondary N) is 1. The molecule has 1 aromatic rings. The van der Waals surface area contributed by atoms with Crippen LogP contribution in [-0.4, -0.2) is 24.7 Å². The van der Waals surface area contributed by atoms with Crippen LogP contribution in [0.4, 0.5) is 14.5 Å². The highest BCUT2D eigenvalue weighted by atomic mass is 19.1. The van der Waals surface area contributed by atoms with Gasteiger partial charge in [0.15, 0.2) is 5.82 Å². The van der Waals surface area contributed by atoms with Gasteiger partial charge < -0.3 is 10.2 Å². The van der Waals surface area contributed by atoms with Crippen molar-refractivity contribution in [3.8, 4) is 0 Å². The highest BCUT2D eigenvalue weighted by Gasteiger charge is 2.38. The van der Waals surface area contributed by atoms with Gasteiger partial charge in [0.1, 0.15) is 11.5 Å². The second kappa shape index (κ2) is 5.91. The largest absolute Gasteiger partial charge is 0.360 e. The Morgan fingerprint density at radius 2 is 2.05 bits per heavy atom. The van der Waals surface area contributed by atoms with E-state index in [9.17, 15) is 8.78 Å². The van der Waals surface area contributed by atoms with Crippen molar-refractivity contribution in [1.29, 1.82) is 0 Å². The molecule has 2 nitrogen and oxygen atoms in total. The van der Waals surface area contributed by atoms with Gasteiger partial charge in [-0.15, -0.1) is 0 Å². The lowest BCUT2D eigenvalue weighted by Gasteiger charge is -2.48. The zero-order valence-electron chi connectivity index (χ0n) is 13.6. The molecule has 4 heteroatoms. The molecule has 2 atom stereocenters. The Morgan fingerprint density at radius 3 is 2.62 bits per heavy atom. The number of anilines is 1. The molecular formula is C17H26F2N2. The lowest BCUT2D eigenvalue weighted by molar-refractivity contribution is 0.250. The average Bonchev–Trinajstić information content (AvgIpc) is 2.43. The summed E-state index contributed by atoms with van der Waals surface area (Å²) in [5, 5.41) is 3.54. The first-order chi connectivity index (χ1) is 9.79. The summed E-state index contributed by atoms with van der Waals surface area (Å²) in [6, 6.07) is 2.96. The maximum absolute atomic E-state index is 14.5. The van der Waals surface area contributed by atoms with E-state index >= 15 is 0 Å². The third-order valence-electron chi connectivity index (χ3n) is 4.75. The van der Waals surface area contributed by atoms with Crippen LogP contribution in [0.2, 0.25) is 0 Å². The number of nitrogens with zero attached hydrogens (tertiary/aromatic N) is 1. The minimum Gasteiger partial charge on any atom is -0.360 e. The third kappa shape index (κ3) is 3.05. The second-order valence-electron chi connectivity index (χ2n) is 6.76. The molecule has 2 unspecified atom stereocenters. The van der Waals surface area contributed by atoms with Gasteiger partial charge in [-0.3, -0.25) is 0 Å². The van der Waals surface area contributed by atoms with Crippen LogP contribution in [0.5, 0.6) is 0 Å². The van der Waals surface area contributed by atoms with Crippen molar-refractivity contribution < 1.29 is 8.78 Å². The topological polar surface area (TPSA) is 15.3 Å². The van der Waals surface area contributed by atoms with Gasteiger partial charge in [0.25, 0.3) is 0 Å². The zero-order chi connectivity index (χ0) is 15.8. The molecule has 0 amide bonds. The monoisotopic (exact) mass is 296 g/mol. The van der Waals surface area contributed by atoms with Crippen LogP contribution in [0.3, 0.4) is 0 Å². The van der Waals surface area contributed by atoms with Crippen LogP contribution < -0.4 is 10.2 Å². The molecule has 1 saturated heterocycles. The number of halogens is 2. The van der Waals surface area contributed by atoms with Crippen molar-refractivity contribution in [3.63, 3.8) is 0 Å². The predicted octanol–water partition coefficient (Wildman–Crippen LogP) is 3.88. The van der Waals surface area contributed by atoms with Crippen molar-refractivity contribution in [2.24, 2.45) is 5.92 Å². The summed E-state index contributed by atoms with van der Waals surface area (Å²) in [5.74, 6) is -0.580. The zero-order valence-corrected chi connectivity index (χ0v) is 13.6. The van der Waals surface area contributed by atoms with Crippen LogP contribution in [-0.2, 0) is 0 Å². The molecule has 1 aliphatic heterocycles. The van der Waals surface area contributed by atoms with Crippen molar-refractivity contribution >= 4 is 5.69 Å². The molecule has 1 fully saturated rings. The van der Waals surface area contributed by atoms with Crippen molar-refractivity contribution in [1.82, 2.24) is 5.32 Å². The van der Waals surface area contributed by atoms with Gasteiger partial charge in [0.05, 0.1) is 0 Å². The minimum atomic E-state index is -0.468. The fraction of sp³-hybridized carbons (Fsp3) is 0.647. The number of piperazine rings is 1. The molecule has 0 aliphatic carbocycles. The summed E-state index contributed by atoms with van der Waals surface area (Å²) in [7, 11) is 0. The SMILES string of the molecule is CCC1(C)CN(c2c(F)ccc(C)c2F)C(C(C)C)CN1. The van der Waals surface area contributed by atoms with E-state index < -0.39 is 11.6 Å². The molecule has 21 heavy (non-hydrogen) atoms. The highest BCUT2D eigenvalue weighted by molar-refractivity contribution is 5.53. The third-order valence-corrected chi connectivity index (χ3v) is 4.75. The fourth-order valence-corrected chi connectivity index (χ4v) is 2.99. The Morgan fingerprint density at radius 1 is 1.38 bits per heavy atom. The molecule has 1 aliphatic rings. The molecule has 0 bridgehead atoms. The standard InChI is InChI=1S/C17H26F2N2/c1-6-17(5)10-21(14(9-20-17)11(2)3)16-13(18)8-7-12(4)15(16)19/h7-8,11,14,20H,6,9-10H2,1-5H3. The first-order valence-electron chi connectivity index (χ1n) is 7.75. The van der Waals surface area contributed by atoms with Gasteiger partial charge in [-0.05, 0) is 37.8 Å². The number of rotatable bonds is 3. The number of benzene rings is 1. The summed E-state index contributed by atoms with van der Waals surface area (Å²) in [6.07, 6.45) is 0.920. The number of hydrogen-bond donors (Lipinski definition) is 1. The Labute approximate surface area is 126 Å². The second-order valence-corrected chi connectivity index (χ2v) is 6.76. The van der Waals surface area contributed by atoms with Gasteiger partial charge >= 0.3 is 0 Å². The highest BCUT2D eigenvalue weighted by Crippen LogP contribution is 2.33. The van der Waals surface area contributed by atoms with Gasteiger partial charge in [-0.25, -0.2) is 8.78 Å².